The minimum Gasteiger partial charge on any atom is -0.428 e. The maximum absolute atomic E-state index is 14.7. The van der Waals surface area contributed by atoms with Crippen LogP contribution in [-0.4, -0.2) is 18.1 Å². The Morgan fingerprint density at radius 2 is 1.59 bits per heavy atom. The van der Waals surface area contributed by atoms with Crippen LogP contribution in [0.3, 0.4) is 0 Å². The Kier molecular flexibility index (Phi) is 5.73. The van der Waals surface area contributed by atoms with Crippen molar-refractivity contribution in [3.05, 3.63) is 136 Å². The predicted molar refractivity (Wildman–Crippen MR) is 166 cm³/mol. The highest BCUT2D eigenvalue weighted by atomic mass is 19.2. The van der Waals surface area contributed by atoms with Crippen molar-refractivity contribution in [1.29, 1.82) is 0 Å². The summed E-state index contributed by atoms with van der Waals surface area (Å²) >= 11 is 0. The second-order valence-corrected chi connectivity index (χ2v) is 12.0. The van der Waals surface area contributed by atoms with Gasteiger partial charge in [-0.25, -0.2) is 18.2 Å². The number of benzene rings is 4. The van der Waals surface area contributed by atoms with Gasteiger partial charge in [0.15, 0.2) is 18.3 Å². The van der Waals surface area contributed by atoms with Crippen LogP contribution in [0.25, 0.3) is 38.0 Å². The van der Waals surface area contributed by atoms with Crippen LogP contribution < -0.4 is 5.32 Å². The van der Waals surface area contributed by atoms with Crippen molar-refractivity contribution in [3.8, 4) is 11.1 Å². The van der Waals surface area contributed by atoms with Gasteiger partial charge >= 0.3 is 0 Å². The zero-order valence-corrected chi connectivity index (χ0v) is 23.7. The first-order valence-electron chi connectivity index (χ1n) is 14.8. The van der Waals surface area contributed by atoms with Crippen molar-refractivity contribution in [2.24, 2.45) is 15.9 Å². The maximum Gasteiger partial charge on any atom is 0.251 e. The summed E-state index contributed by atoms with van der Waals surface area (Å²) < 4.78 is 86.8. The topological polar surface area (TPSA) is 50.9 Å². The first-order chi connectivity index (χ1) is 22.3. The Morgan fingerprint density at radius 1 is 0.783 bits per heavy atom. The number of alkyl halides is 1. The Balaban J connectivity index is 1.39. The molecule has 3 aliphatic carbocycles. The molecule has 5 atom stereocenters. The molecular weight excluding hydrogens is 602 g/mol. The van der Waals surface area contributed by atoms with E-state index in [4.69, 9.17) is 0 Å². The molecule has 0 saturated carbocycles. The summed E-state index contributed by atoms with van der Waals surface area (Å²) in [5.41, 5.74) is 5.84. The molecule has 5 aliphatic rings. The Labute approximate surface area is 258 Å². The summed E-state index contributed by atoms with van der Waals surface area (Å²) in [4.78, 5) is 7.55. The van der Waals surface area contributed by atoms with Crippen molar-refractivity contribution in [3.63, 3.8) is 0 Å². The molecule has 0 aromatic heterocycles. The minimum absolute atomic E-state index is 0.00301. The molecule has 4 aromatic carbocycles. The molecular formula is C36H21F6N4-. The Morgan fingerprint density at radius 3 is 2.39 bits per heavy atom. The van der Waals surface area contributed by atoms with E-state index in [2.05, 4.69) is 44.9 Å². The van der Waals surface area contributed by atoms with Gasteiger partial charge in [-0.05, 0) is 85.2 Å². The lowest BCUT2D eigenvalue weighted by atomic mass is 9.68. The summed E-state index contributed by atoms with van der Waals surface area (Å²) in [5.74, 6) is -8.05. The predicted octanol–water partition coefficient (Wildman–Crippen LogP) is 9.95. The Hall–Kier alpha value is -5.12. The average Bonchev–Trinajstić information content (AvgIpc) is 3.36. The van der Waals surface area contributed by atoms with Crippen LogP contribution in [0.2, 0.25) is 0 Å². The summed E-state index contributed by atoms with van der Waals surface area (Å²) in [5, 5.41) is 7.80. The zero-order chi connectivity index (χ0) is 31.4. The van der Waals surface area contributed by atoms with E-state index >= 15 is 0 Å². The highest BCUT2D eigenvalue weighted by Crippen LogP contribution is 2.58. The second-order valence-electron chi connectivity index (χ2n) is 12.0. The van der Waals surface area contributed by atoms with Gasteiger partial charge in [0.2, 0.25) is 11.8 Å². The molecule has 0 fully saturated rings. The first-order valence-corrected chi connectivity index (χ1v) is 14.8. The van der Waals surface area contributed by atoms with Gasteiger partial charge in [-0.2, -0.15) is 13.2 Å². The molecule has 0 amide bonds. The standard InChI is InChI=1S/C36H21F6N4/c37-29-31(39)43-35(44-32(29)40)27-18-8-3-4-9-19(18)28(36-45-33(41)30(38)34(42)46-36)25-14-22-21(13-24(25)27)20-11-5-10-17-16-7-2-1-6-15(16)12-23(22)26(17)20/h1-11,13-16,23,33,35,43H,12H2/q-1. The number of amidine groups is 1. The monoisotopic (exact) mass is 623 g/mol. The highest BCUT2D eigenvalue weighted by Gasteiger charge is 2.41. The highest BCUT2D eigenvalue weighted by molar-refractivity contribution is 6.26. The van der Waals surface area contributed by atoms with E-state index in [1.165, 1.54) is 11.1 Å². The van der Waals surface area contributed by atoms with Crippen molar-refractivity contribution < 1.29 is 26.3 Å². The SMILES string of the molecule is FC1=NC(c2c3ccccc3c(C3=NC(F)=C(F)C(F)[N-]3)c3cc4c(cc23)-c2cccc3c2C4CC2C=CC=CC32)NC(F)=C1F. The van der Waals surface area contributed by atoms with Crippen LogP contribution in [0.5, 0.6) is 0 Å². The van der Waals surface area contributed by atoms with Crippen molar-refractivity contribution in [1.82, 2.24) is 5.32 Å². The number of hydrogen-bond acceptors (Lipinski definition) is 3. The van der Waals surface area contributed by atoms with Gasteiger partial charge < -0.3 is 15.6 Å². The molecule has 5 unspecified atom stereocenters. The maximum atomic E-state index is 14.7. The summed E-state index contributed by atoms with van der Waals surface area (Å²) in [7, 11) is 0. The van der Waals surface area contributed by atoms with Crippen LogP contribution in [0, 0.1) is 5.92 Å². The molecule has 2 heterocycles. The molecule has 0 radical (unpaired) electrons. The molecule has 4 nitrogen and oxygen atoms in total. The van der Waals surface area contributed by atoms with E-state index in [-0.39, 0.29) is 29.2 Å². The third kappa shape index (κ3) is 3.69. The lowest BCUT2D eigenvalue weighted by Crippen LogP contribution is -2.25. The van der Waals surface area contributed by atoms with E-state index in [0.29, 0.717) is 27.1 Å². The van der Waals surface area contributed by atoms with E-state index in [1.807, 2.05) is 30.3 Å². The largest absolute Gasteiger partial charge is 0.428 e. The van der Waals surface area contributed by atoms with Crippen molar-refractivity contribution >= 4 is 33.3 Å². The number of nitrogens with one attached hydrogen (secondary N) is 1. The number of nitrogens with zero attached hydrogens (tertiary/aromatic N) is 3. The molecule has 9 rings (SSSR count). The summed E-state index contributed by atoms with van der Waals surface area (Å²) in [6.07, 6.45) is 5.36. The van der Waals surface area contributed by atoms with Gasteiger partial charge in [-0.15, -0.1) is 0 Å². The van der Waals surface area contributed by atoms with E-state index in [1.54, 1.807) is 24.3 Å². The first kappa shape index (κ1) is 27.2. The van der Waals surface area contributed by atoms with Crippen LogP contribution in [0.4, 0.5) is 26.3 Å². The van der Waals surface area contributed by atoms with Gasteiger partial charge in [0.05, 0.1) is 0 Å². The molecule has 46 heavy (non-hydrogen) atoms. The van der Waals surface area contributed by atoms with Gasteiger partial charge in [0.25, 0.3) is 5.97 Å². The van der Waals surface area contributed by atoms with Crippen LogP contribution >= 0.6 is 0 Å². The fourth-order valence-electron chi connectivity index (χ4n) is 7.88. The van der Waals surface area contributed by atoms with Gasteiger partial charge in [-0.1, -0.05) is 66.8 Å². The second kappa shape index (κ2) is 9.69. The van der Waals surface area contributed by atoms with Crippen LogP contribution in [-0.2, 0) is 0 Å². The quantitative estimate of drug-likeness (QED) is 0.135. The molecule has 228 valence electrons. The van der Waals surface area contributed by atoms with Crippen LogP contribution in [0.15, 0.2) is 112 Å². The van der Waals surface area contributed by atoms with E-state index in [0.717, 1.165) is 23.1 Å². The summed E-state index contributed by atoms with van der Waals surface area (Å²) in [6.45, 7) is 0. The van der Waals surface area contributed by atoms with Gasteiger partial charge in [0.1, 0.15) is 5.95 Å². The van der Waals surface area contributed by atoms with Gasteiger partial charge in [0, 0.05) is 17.4 Å². The number of rotatable bonds is 2. The minimum atomic E-state index is -2.59. The molecule has 0 spiro atoms. The number of halogens is 6. The summed E-state index contributed by atoms with van der Waals surface area (Å²) in [6, 6.07) is 16.7. The molecule has 4 aromatic rings. The number of hydrogen-bond donors (Lipinski definition) is 1. The third-order valence-corrected chi connectivity index (χ3v) is 9.73. The fraction of sp³-hybridized carbons (Fsp3) is 0.167. The van der Waals surface area contributed by atoms with E-state index in [9.17, 15) is 26.3 Å². The Bertz CT molecular complexity index is 2250. The smallest absolute Gasteiger partial charge is 0.251 e. The van der Waals surface area contributed by atoms with Crippen LogP contribution in [0.1, 0.15) is 52.2 Å². The fourth-order valence-corrected chi connectivity index (χ4v) is 7.88. The lowest BCUT2D eigenvalue weighted by molar-refractivity contribution is 0.350. The molecule has 0 saturated heterocycles. The lowest BCUT2D eigenvalue weighted by Gasteiger charge is -2.35. The zero-order valence-electron chi connectivity index (χ0n) is 23.7. The molecule has 10 heteroatoms. The molecule has 0 bridgehead atoms. The molecule has 2 aliphatic heterocycles. The average molecular weight is 624 g/mol. The van der Waals surface area contributed by atoms with Crippen molar-refractivity contribution in [2.45, 2.75) is 30.7 Å². The molecule has 1 N–H and O–H groups in total. The normalized spacial score (nSPS) is 26.0. The number of fused-ring (bicyclic) bond motifs is 7. The third-order valence-electron chi connectivity index (χ3n) is 9.73. The van der Waals surface area contributed by atoms with Gasteiger partial charge in [-0.3, -0.25) is 0 Å². The van der Waals surface area contributed by atoms with E-state index < -0.39 is 42.0 Å². The number of aliphatic imine (C=N–C) groups is 2. The van der Waals surface area contributed by atoms with Crippen molar-refractivity contribution in [2.75, 3.05) is 0 Å². The number of allylic oxidation sites excluding steroid dienone is 5.